The zero-order valence-electron chi connectivity index (χ0n) is 15.1. The van der Waals surface area contributed by atoms with Gasteiger partial charge < -0.3 is 4.98 Å². The highest BCUT2D eigenvalue weighted by Crippen LogP contribution is 2.24. The summed E-state index contributed by atoms with van der Waals surface area (Å²) in [6.07, 6.45) is 2.10. The zero-order chi connectivity index (χ0) is 18.3. The van der Waals surface area contributed by atoms with Crippen LogP contribution in [0, 0.1) is 13.8 Å². The third-order valence-electron chi connectivity index (χ3n) is 4.72. The van der Waals surface area contributed by atoms with Crippen molar-refractivity contribution in [3.05, 3.63) is 71.2 Å². The zero-order valence-corrected chi connectivity index (χ0v) is 15.1. The molecule has 0 bridgehead atoms. The first-order valence-electron chi connectivity index (χ1n) is 8.63. The van der Waals surface area contributed by atoms with E-state index in [1.54, 1.807) is 6.20 Å². The lowest BCUT2D eigenvalue weighted by atomic mass is 10.1. The van der Waals surface area contributed by atoms with Crippen molar-refractivity contribution in [1.29, 1.82) is 0 Å². The molecular formula is C21H21N4O+. The molecule has 3 heterocycles. The van der Waals surface area contributed by atoms with Crippen LogP contribution in [0.25, 0.3) is 22.3 Å². The van der Waals surface area contributed by atoms with Gasteiger partial charge in [0.1, 0.15) is 11.3 Å². The van der Waals surface area contributed by atoms with Crippen LogP contribution in [0.5, 0.6) is 0 Å². The van der Waals surface area contributed by atoms with E-state index in [0.29, 0.717) is 12.1 Å². The molecule has 26 heavy (non-hydrogen) atoms. The molecule has 0 spiro atoms. The number of H-pyrrole nitrogens is 2. The maximum Gasteiger partial charge on any atom is 0.205 e. The van der Waals surface area contributed by atoms with Crippen molar-refractivity contribution in [2.45, 2.75) is 20.3 Å². The second kappa shape index (κ2) is 6.26. The predicted octanol–water partition coefficient (Wildman–Crippen LogP) is 3.42. The van der Waals surface area contributed by atoms with Crippen molar-refractivity contribution in [3.8, 4) is 11.3 Å². The van der Waals surface area contributed by atoms with Gasteiger partial charge in [-0.25, -0.2) is 4.98 Å². The molecular weight excluding hydrogens is 324 g/mol. The molecule has 0 unspecified atom stereocenters. The smallest absolute Gasteiger partial charge is 0.205 e. The number of benzene rings is 1. The third-order valence-corrected chi connectivity index (χ3v) is 4.72. The molecule has 130 valence electrons. The number of rotatable bonds is 4. The van der Waals surface area contributed by atoms with E-state index in [2.05, 4.69) is 52.3 Å². The van der Waals surface area contributed by atoms with Crippen LogP contribution in [0.15, 0.2) is 48.7 Å². The van der Waals surface area contributed by atoms with Gasteiger partial charge in [0.05, 0.1) is 0 Å². The molecule has 0 fully saturated rings. The van der Waals surface area contributed by atoms with E-state index in [1.807, 2.05) is 30.8 Å². The number of carbonyl (C=O) groups is 1. The topological polar surface area (TPSA) is 65.4 Å². The highest BCUT2D eigenvalue weighted by molar-refractivity contribution is 5.96. The number of aromatic amines is 2. The van der Waals surface area contributed by atoms with E-state index in [0.717, 1.165) is 33.5 Å². The molecule has 3 aromatic heterocycles. The number of nitrogens with one attached hydrogen (secondary N) is 2. The number of aryl methyl sites for hydroxylation is 3. The molecule has 4 rings (SSSR count). The fraction of sp³-hybridized carbons (Fsp3) is 0.190. The van der Waals surface area contributed by atoms with Crippen molar-refractivity contribution < 1.29 is 9.48 Å². The minimum absolute atomic E-state index is 0.0594. The normalized spacial score (nSPS) is 11.2. The summed E-state index contributed by atoms with van der Waals surface area (Å²) in [5.74, 6) is 0.0594. The SMILES string of the molecule is Cc1ccc(-c2cc3cc(CC(=O)c4cc(C)[n+](C)[nH]4)cnc3[nH]2)cc1. The quantitative estimate of drug-likeness (QED) is 0.440. The van der Waals surface area contributed by atoms with Crippen LogP contribution in [0.4, 0.5) is 0 Å². The van der Waals surface area contributed by atoms with Gasteiger partial charge in [-0.2, -0.15) is 5.10 Å². The summed E-state index contributed by atoms with van der Waals surface area (Å²) in [7, 11) is 1.89. The van der Waals surface area contributed by atoms with E-state index in [1.165, 1.54) is 5.56 Å². The average Bonchev–Trinajstić information content (AvgIpc) is 3.19. The van der Waals surface area contributed by atoms with Gasteiger partial charge in [0, 0.05) is 36.7 Å². The summed E-state index contributed by atoms with van der Waals surface area (Å²) >= 11 is 0. The molecule has 0 atom stereocenters. The van der Waals surface area contributed by atoms with Gasteiger partial charge in [0.2, 0.25) is 5.69 Å². The summed E-state index contributed by atoms with van der Waals surface area (Å²) in [6.45, 7) is 4.04. The van der Waals surface area contributed by atoms with Crippen LogP contribution in [0.2, 0.25) is 0 Å². The van der Waals surface area contributed by atoms with Crippen LogP contribution in [0.3, 0.4) is 0 Å². The monoisotopic (exact) mass is 345 g/mol. The van der Waals surface area contributed by atoms with Crippen LogP contribution >= 0.6 is 0 Å². The van der Waals surface area contributed by atoms with Crippen molar-refractivity contribution >= 4 is 16.8 Å². The lowest BCUT2D eigenvalue weighted by Gasteiger charge is -1.98. The number of hydrogen-bond donors (Lipinski definition) is 2. The Kier molecular flexibility index (Phi) is 3.92. The molecule has 5 nitrogen and oxygen atoms in total. The van der Waals surface area contributed by atoms with Gasteiger partial charge in [0.15, 0.2) is 12.8 Å². The molecule has 5 heteroatoms. The number of fused-ring (bicyclic) bond motifs is 1. The summed E-state index contributed by atoms with van der Waals surface area (Å²) in [5, 5.41) is 4.09. The Morgan fingerprint density at radius 2 is 1.88 bits per heavy atom. The van der Waals surface area contributed by atoms with Gasteiger partial charge in [-0.3, -0.25) is 4.79 Å². The van der Waals surface area contributed by atoms with E-state index in [9.17, 15) is 4.79 Å². The number of aromatic nitrogens is 4. The average molecular weight is 345 g/mol. The lowest BCUT2D eigenvalue weighted by Crippen LogP contribution is -2.33. The number of nitrogens with zero attached hydrogens (tertiary/aromatic N) is 2. The van der Waals surface area contributed by atoms with Crippen LogP contribution in [-0.4, -0.2) is 20.8 Å². The van der Waals surface area contributed by atoms with Crippen molar-refractivity contribution in [1.82, 2.24) is 15.1 Å². The van der Waals surface area contributed by atoms with E-state index < -0.39 is 0 Å². The molecule has 0 saturated carbocycles. The molecule has 4 aromatic rings. The molecule has 0 aliphatic carbocycles. The Balaban J connectivity index is 1.61. The summed E-state index contributed by atoms with van der Waals surface area (Å²) < 4.78 is 1.84. The van der Waals surface area contributed by atoms with Gasteiger partial charge in [0.25, 0.3) is 0 Å². The van der Waals surface area contributed by atoms with Crippen molar-refractivity contribution in [2.24, 2.45) is 7.05 Å². The fourth-order valence-electron chi connectivity index (χ4n) is 3.08. The van der Waals surface area contributed by atoms with Crippen LogP contribution in [0.1, 0.15) is 27.3 Å². The Bertz CT molecular complexity index is 1080. The minimum Gasteiger partial charge on any atom is -0.339 e. The van der Waals surface area contributed by atoms with Crippen LogP contribution < -0.4 is 4.68 Å². The third kappa shape index (κ3) is 3.04. The minimum atomic E-state index is 0.0594. The molecule has 2 N–H and O–H groups in total. The van der Waals surface area contributed by atoms with E-state index in [4.69, 9.17) is 0 Å². The molecule has 0 saturated heterocycles. The van der Waals surface area contributed by atoms with Crippen LogP contribution in [-0.2, 0) is 13.5 Å². The van der Waals surface area contributed by atoms with Gasteiger partial charge in [-0.15, -0.1) is 4.68 Å². The van der Waals surface area contributed by atoms with Crippen molar-refractivity contribution in [2.75, 3.05) is 0 Å². The second-order valence-electron chi connectivity index (χ2n) is 6.80. The van der Waals surface area contributed by atoms with E-state index in [-0.39, 0.29) is 5.78 Å². The molecule has 0 aliphatic heterocycles. The first-order chi connectivity index (χ1) is 12.5. The highest BCUT2D eigenvalue weighted by atomic mass is 16.1. The fourth-order valence-corrected chi connectivity index (χ4v) is 3.08. The maximum atomic E-state index is 12.5. The predicted molar refractivity (Wildman–Crippen MR) is 101 cm³/mol. The van der Waals surface area contributed by atoms with Gasteiger partial charge in [-0.05, 0) is 30.2 Å². The Morgan fingerprint density at radius 1 is 1.12 bits per heavy atom. The first-order valence-corrected chi connectivity index (χ1v) is 8.63. The lowest BCUT2D eigenvalue weighted by molar-refractivity contribution is -0.732. The number of ketones is 1. The number of pyridine rings is 1. The summed E-state index contributed by atoms with van der Waals surface area (Å²) in [6, 6.07) is 14.4. The molecule has 1 aromatic carbocycles. The molecule has 0 radical (unpaired) electrons. The summed E-state index contributed by atoms with van der Waals surface area (Å²) in [5.41, 5.74) is 6.78. The Morgan fingerprint density at radius 3 is 2.58 bits per heavy atom. The standard InChI is InChI=1S/C21H20N4O/c1-13-4-6-16(7-5-13)18-11-17-9-15(12-22-21(17)23-18)10-20(26)19-8-14(2)25(3)24-19/h4-9,11-12H,10H2,1-3H3,(H,22,23)/p+1. The van der Waals surface area contributed by atoms with Gasteiger partial charge >= 0.3 is 0 Å². The number of hydrogen-bond acceptors (Lipinski definition) is 2. The van der Waals surface area contributed by atoms with Crippen molar-refractivity contribution in [3.63, 3.8) is 0 Å². The van der Waals surface area contributed by atoms with E-state index >= 15 is 0 Å². The Hall–Kier alpha value is -3.21. The molecule has 0 amide bonds. The molecule has 0 aliphatic rings. The number of carbonyl (C=O) groups excluding carboxylic acids is 1. The summed E-state index contributed by atoms with van der Waals surface area (Å²) in [4.78, 5) is 20.3. The highest BCUT2D eigenvalue weighted by Gasteiger charge is 2.16. The largest absolute Gasteiger partial charge is 0.339 e. The number of Topliss-reactive ketones (excluding diaryl/α,β-unsaturated/α-hetero) is 1. The Labute approximate surface area is 151 Å². The maximum absolute atomic E-state index is 12.5. The first kappa shape index (κ1) is 16.3. The van der Waals surface area contributed by atoms with Gasteiger partial charge in [-0.1, -0.05) is 29.8 Å². The second-order valence-corrected chi connectivity index (χ2v) is 6.80.